The number of aliphatic carboxylic acids is 2. The highest BCUT2D eigenvalue weighted by Gasteiger charge is 2.60. The Kier molecular flexibility index (Phi) is 25.1. The Balaban J connectivity index is 0.00000208. The number of rotatable bonds is 25. The second-order valence-electron chi connectivity index (χ2n) is 15.7. The predicted molar refractivity (Wildman–Crippen MR) is 226 cm³/mol. The average molecular weight is 1240 g/mol. The maximum atomic E-state index is 12.7. The number of carboxylic acids is 2. The molecule has 1 amide bonds. The average Bonchev–Trinajstić information content (AvgIpc) is 3.26. The molecule has 42 nitrogen and oxygen atoms in total. The minimum absolute atomic E-state index is 0.0278. The number of ether oxygens (including phenoxy) is 8. The molecular weight excluding hydrogens is 1190 g/mol. The van der Waals surface area contributed by atoms with Crippen LogP contribution in [0.4, 0.5) is 0 Å². The summed E-state index contributed by atoms with van der Waals surface area (Å²) in [5.74, 6) is -5.49. The Labute approximate surface area is 432 Å². The van der Waals surface area contributed by atoms with Crippen LogP contribution in [0.25, 0.3) is 0 Å². The lowest BCUT2D eigenvalue weighted by Gasteiger charge is -2.50. The van der Waals surface area contributed by atoms with Gasteiger partial charge in [0.05, 0.1) is 39.6 Å². The number of carbonyl (C=O) groups is 3. The summed E-state index contributed by atoms with van der Waals surface area (Å²) in [6.07, 6.45) is -49.1. The van der Waals surface area contributed by atoms with Crippen molar-refractivity contribution in [1.29, 1.82) is 0 Å². The maximum Gasteiger partial charge on any atom is 0.397 e. The Morgan fingerprint density at radius 1 is 0.506 bits per heavy atom. The van der Waals surface area contributed by atoms with Crippen LogP contribution in [0.1, 0.15) is 6.92 Å². The van der Waals surface area contributed by atoms with Crippen molar-refractivity contribution in [2.45, 2.75) is 130 Å². The molecule has 4 rings (SSSR count). The Hall–Kier alpha value is -2.88. The lowest BCUT2D eigenvalue weighted by molar-refractivity contribution is -0.366. The number of aliphatic hydroxyl groups excluding tert-OH is 8. The second kappa shape index (κ2) is 28.2. The first-order chi connectivity index (χ1) is 35.2. The normalized spacial score (nSPS) is 36.5. The molecule has 452 valence electrons. The van der Waals surface area contributed by atoms with E-state index in [2.05, 4.69) is 21.5 Å². The van der Waals surface area contributed by atoms with Crippen LogP contribution in [-0.4, -0.2) is 296 Å². The maximum absolute atomic E-state index is 12.7. The molecule has 4 aliphatic heterocycles. The minimum Gasteiger partial charge on any atom is -0.479 e. The molecule has 0 saturated carbocycles. The van der Waals surface area contributed by atoms with Crippen molar-refractivity contribution in [3.05, 3.63) is 0 Å². The van der Waals surface area contributed by atoms with Crippen LogP contribution in [0.15, 0.2) is 0 Å². The molecule has 0 aromatic carbocycles. The molecular formula is C30H52N2O40S5. The first-order valence-electron chi connectivity index (χ1n) is 20.7. The molecule has 20 atom stereocenters. The summed E-state index contributed by atoms with van der Waals surface area (Å²) in [5.41, 5.74) is 0. The van der Waals surface area contributed by atoms with Crippen LogP contribution in [0.2, 0.25) is 0 Å². The second-order valence-corrected chi connectivity index (χ2v) is 21.1. The van der Waals surface area contributed by atoms with Gasteiger partial charge in [-0.2, -0.15) is 46.8 Å². The van der Waals surface area contributed by atoms with Gasteiger partial charge in [0.1, 0.15) is 73.1 Å². The fourth-order valence-electron chi connectivity index (χ4n) is 7.28. The molecule has 0 spiro atoms. The molecule has 4 heterocycles. The van der Waals surface area contributed by atoms with Crippen molar-refractivity contribution < 1.29 is 185 Å². The molecule has 0 bridgehead atoms. The lowest BCUT2D eigenvalue weighted by atomic mass is 9.94. The third-order valence-electron chi connectivity index (χ3n) is 10.2. The van der Waals surface area contributed by atoms with Crippen LogP contribution >= 0.6 is 0 Å². The van der Waals surface area contributed by atoms with Gasteiger partial charge in [0.2, 0.25) is 5.91 Å². The van der Waals surface area contributed by atoms with Gasteiger partial charge in [-0.05, 0) is 0 Å². The first kappa shape index (κ1) is 68.4. The fraction of sp³-hybridized carbons (Fsp3) is 0.900. The van der Waals surface area contributed by atoms with Crippen molar-refractivity contribution in [3.8, 4) is 0 Å². The van der Waals surface area contributed by atoms with Gasteiger partial charge in [-0.25, -0.2) is 26.3 Å². The Morgan fingerprint density at radius 2 is 0.974 bits per heavy atom. The van der Waals surface area contributed by atoms with Gasteiger partial charge in [0.25, 0.3) is 0 Å². The van der Waals surface area contributed by atoms with E-state index in [-0.39, 0.29) is 13.2 Å². The summed E-state index contributed by atoms with van der Waals surface area (Å²) >= 11 is 0. The monoisotopic (exact) mass is 1240 g/mol. The van der Waals surface area contributed by atoms with Crippen molar-refractivity contribution >= 4 is 69.7 Å². The zero-order chi connectivity index (χ0) is 58.9. The van der Waals surface area contributed by atoms with Gasteiger partial charge >= 0.3 is 63.8 Å². The van der Waals surface area contributed by atoms with Gasteiger partial charge in [-0.1, -0.05) is 0 Å². The highest BCUT2D eigenvalue weighted by atomic mass is 32.3. The SMILES string of the molecule is CC(=O)N[C@@H]1[C@@H](O)[C@H](O[C@@H]2O[C@H](C(=O)O)[C@@H](O[C@@H]3O[C@H](CO)[C@@H](O[C@H]4O[C@@H](C(=O)O)[C@H](O)[C@@H](O)[C@@H]4OS(=O)(=O)O)[C@H](OS(=O)(=O)O)[C@H]3NS(=O)(=O)O)[C@H](O)[C@H]2OS(=O)(=O)O)[C@H](COS(=O)(=O)O)O[C@H]1O.OCCOCCO. The van der Waals surface area contributed by atoms with E-state index in [1.807, 2.05) is 5.32 Å². The molecule has 0 unspecified atom stereocenters. The highest BCUT2D eigenvalue weighted by Crippen LogP contribution is 2.37. The van der Waals surface area contributed by atoms with Crippen LogP contribution in [0.5, 0.6) is 0 Å². The van der Waals surface area contributed by atoms with Gasteiger partial charge in [0, 0.05) is 6.92 Å². The Bertz CT molecular complexity index is 2540. The van der Waals surface area contributed by atoms with E-state index in [1.165, 1.54) is 4.72 Å². The van der Waals surface area contributed by atoms with Crippen LogP contribution in [-0.2, 0) is 121 Å². The van der Waals surface area contributed by atoms with E-state index >= 15 is 0 Å². The molecule has 4 saturated heterocycles. The molecule has 0 aromatic rings. The Morgan fingerprint density at radius 3 is 1.42 bits per heavy atom. The number of hydrogen-bond acceptors (Lipinski definition) is 33. The smallest absolute Gasteiger partial charge is 0.397 e. The lowest BCUT2D eigenvalue weighted by Crippen LogP contribution is -2.71. The van der Waals surface area contributed by atoms with E-state index in [0.29, 0.717) is 13.2 Å². The fourth-order valence-corrected chi connectivity index (χ4v) is 9.66. The topological polar surface area (TPSA) is 660 Å². The number of carboxylic acid groups (broad SMARTS) is 2. The molecule has 4 aliphatic rings. The summed E-state index contributed by atoms with van der Waals surface area (Å²) < 4.78 is 227. The van der Waals surface area contributed by atoms with Crippen molar-refractivity contribution in [3.63, 3.8) is 0 Å². The van der Waals surface area contributed by atoms with E-state index in [1.54, 1.807) is 0 Å². The van der Waals surface area contributed by atoms with Gasteiger partial charge in [0.15, 0.2) is 49.6 Å². The first-order valence-corrected chi connectivity index (χ1v) is 27.6. The number of carbonyl (C=O) groups excluding carboxylic acids is 1. The number of amides is 1. The number of aliphatic hydroxyl groups is 8. The molecule has 0 aliphatic carbocycles. The van der Waals surface area contributed by atoms with E-state index in [9.17, 15) is 116 Å². The number of hydrogen-bond donors (Lipinski definition) is 17. The minimum atomic E-state index is -6.09. The molecule has 0 aromatic heterocycles. The molecule has 17 N–H and O–H groups in total. The third-order valence-corrected chi connectivity index (χ3v) is 12.6. The predicted octanol–water partition coefficient (Wildman–Crippen LogP) is -11.7. The van der Waals surface area contributed by atoms with Gasteiger partial charge in [-0.3, -0.25) is 27.6 Å². The summed E-state index contributed by atoms with van der Waals surface area (Å²) in [6, 6.07) is -4.96. The molecule has 47 heteroatoms. The molecule has 77 heavy (non-hydrogen) atoms. The van der Waals surface area contributed by atoms with Gasteiger partial charge < -0.3 is 94.3 Å². The number of nitrogens with one attached hydrogen (secondary N) is 2. The molecule has 4 fully saturated rings. The third kappa shape index (κ3) is 20.9. The summed E-state index contributed by atoms with van der Waals surface area (Å²) in [6.45, 7) is -1.54. The van der Waals surface area contributed by atoms with E-state index in [4.69, 9.17) is 47.9 Å². The summed E-state index contributed by atoms with van der Waals surface area (Å²) in [5, 5.41) is 102. The zero-order valence-electron chi connectivity index (χ0n) is 38.2. The quantitative estimate of drug-likeness (QED) is 0.0298. The van der Waals surface area contributed by atoms with Crippen LogP contribution < -0.4 is 10.0 Å². The van der Waals surface area contributed by atoms with Crippen LogP contribution in [0, 0.1) is 0 Å². The largest absolute Gasteiger partial charge is 0.479 e. The van der Waals surface area contributed by atoms with Crippen molar-refractivity contribution in [2.24, 2.45) is 0 Å². The highest BCUT2D eigenvalue weighted by molar-refractivity contribution is 7.83. The van der Waals surface area contributed by atoms with E-state index < -0.39 is 206 Å². The summed E-state index contributed by atoms with van der Waals surface area (Å²) in [4.78, 5) is 36.4. The van der Waals surface area contributed by atoms with Crippen molar-refractivity contribution in [2.75, 3.05) is 39.6 Å². The van der Waals surface area contributed by atoms with Crippen molar-refractivity contribution in [1.82, 2.24) is 10.0 Å². The zero-order valence-corrected chi connectivity index (χ0v) is 42.3. The van der Waals surface area contributed by atoms with E-state index in [0.717, 1.165) is 6.92 Å². The molecule has 0 radical (unpaired) electrons. The summed E-state index contributed by atoms with van der Waals surface area (Å²) in [7, 11) is -29.1. The standard InChI is InChI=1S/C26H42N2O37S5.C4H10O3/c1-4(30)27-7-9(31)13(6(56-23(7)39)3-55-67(43,44)45)58-26-19(65-70(52,53)54)12(34)16(20(62-26)22(37)38)60-24-8(28-66(40,41)42)15(63-68(46,47)48)14(5(2-29)57-24)59-25-18(64-69(49,50)51)11(33)10(32)17(61-25)21(35)36;5-1-3-7-4-2-6/h5-20,23-26,28-29,31-34,39H,2-3H2,1H3,(H,27,30)(H,35,36)(H,37,38)(H,40,41,42)(H,43,44,45)(H,46,47,48)(H,49,50,51)(H,52,53,54);5-6H,1-4H2/t5-,6+,7-,8-,9-,10-,11-,12+,13-,14-,15-,16+,17-,18+,19-,20+,23-,24+,25+,26-;/m1./s1. The van der Waals surface area contributed by atoms with Gasteiger partial charge in [-0.15, -0.1) is 0 Å². The van der Waals surface area contributed by atoms with Crippen LogP contribution in [0.3, 0.4) is 0 Å².